The van der Waals surface area contributed by atoms with Crippen molar-refractivity contribution in [2.45, 2.75) is 6.61 Å². The molecule has 1 aromatic heterocycles. The van der Waals surface area contributed by atoms with E-state index in [4.69, 9.17) is 33.7 Å². The van der Waals surface area contributed by atoms with Crippen LogP contribution in [-0.4, -0.2) is 15.0 Å². The van der Waals surface area contributed by atoms with Gasteiger partial charge in [-0.1, -0.05) is 78.3 Å². The first kappa shape index (κ1) is 19.2. The number of nitrogens with one attached hydrogen (secondary N) is 1. The third kappa shape index (κ3) is 4.65. The molecule has 6 heteroatoms. The highest BCUT2D eigenvalue weighted by Crippen LogP contribution is 2.28. The second-order valence-electron chi connectivity index (χ2n) is 6.33. The number of aromatic nitrogens is 2. The Hall–Kier alpha value is -3.15. The molecule has 0 aliphatic rings. The molecule has 4 nitrogen and oxygen atoms in total. The fourth-order valence-corrected chi connectivity index (χ4v) is 3.25. The van der Waals surface area contributed by atoms with Crippen LogP contribution in [0.4, 0.5) is 5.69 Å². The molecule has 29 heavy (non-hydrogen) atoms. The molecule has 0 amide bonds. The topological polar surface area (TPSA) is 39.1 Å². The maximum Gasteiger partial charge on any atom is 0.261 e. The van der Waals surface area contributed by atoms with E-state index >= 15 is 0 Å². The van der Waals surface area contributed by atoms with Crippen LogP contribution in [0.5, 0.6) is 0 Å². The van der Waals surface area contributed by atoms with Crippen LogP contribution in [0.25, 0.3) is 16.9 Å². The van der Waals surface area contributed by atoms with Gasteiger partial charge in [0.2, 0.25) is 0 Å². The van der Waals surface area contributed by atoms with Gasteiger partial charge in [-0.3, -0.25) is 0 Å². The van der Waals surface area contributed by atoms with Gasteiger partial charge in [-0.05, 0) is 30.4 Å². The number of halogens is 1. The second kappa shape index (κ2) is 8.90. The number of rotatable bonds is 5. The molecule has 0 aliphatic carbocycles. The SMILES string of the molecule is S=C(Nc1cn(-c2ccccc2)nc1-c1ccccc1)OCc1ccccc1Cl. The number of hydrogen-bond acceptors (Lipinski definition) is 3. The molecule has 0 saturated carbocycles. The molecule has 0 fully saturated rings. The first-order valence-corrected chi connectivity index (χ1v) is 9.87. The van der Waals surface area contributed by atoms with E-state index in [0.29, 0.717) is 11.6 Å². The first-order valence-electron chi connectivity index (χ1n) is 9.08. The van der Waals surface area contributed by atoms with E-state index in [1.807, 2.05) is 95.8 Å². The van der Waals surface area contributed by atoms with Crippen molar-refractivity contribution in [1.29, 1.82) is 0 Å². The predicted molar refractivity (Wildman–Crippen MR) is 121 cm³/mol. The Morgan fingerprint density at radius 3 is 2.31 bits per heavy atom. The van der Waals surface area contributed by atoms with Crippen molar-refractivity contribution >= 4 is 34.7 Å². The van der Waals surface area contributed by atoms with Crippen molar-refractivity contribution in [3.05, 3.63) is 102 Å². The van der Waals surface area contributed by atoms with Gasteiger partial charge in [-0.25, -0.2) is 4.68 Å². The highest BCUT2D eigenvalue weighted by atomic mass is 35.5. The predicted octanol–water partition coefficient (Wildman–Crippen LogP) is 6.11. The third-order valence-electron chi connectivity index (χ3n) is 4.34. The fourth-order valence-electron chi connectivity index (χ4n) is 2.89. The molecule has 0 saturated heterocycles. The molecule has 0 unspecified atom stereocenters. The number of para-hydroxylation sites is 1. The highest BCUT2D eigenvalue weighted by Gasteiger charge is 2.14. The molecule has 3 aromatic carbocycles. The Bertz CT molecular complexity index is 1110. The smallest absolute Gasteiger partial charge is 0.261 e. The average Bonchev–Trinajstić information content (AvgIpc) is 3.18. The molecule has 144 valence electrons. The first-order chi connectivity index (χ1) is 14.2. The lowest BCUT2D eigenvalue weighted by atomic mass is 10.1. The van der Waals surface area contributed by atoms with Gasteiger partial charge < -0.3 is 10.1 Å². The Morgan fingerprint density at radius 2 is 1.59 bits per heavy atom. The summed E-state index contributed by atoms with van der Waals surface area (Å²) < 4.78 is 7.54. The average molecular weight is 420 g/mol. The Kier molecular flexibility index (Phi) is 5.89. The molecule has 0 spiro atoms. The zero-order valence-electron chi connectivity index (χ0n) is 15.5. The number of hydrogen-bond donors (Lipinski definition) is 1. The number of thiocarbonyl (C=S) groups is 1. The molecule has 0 bridgehead atoms. The summed E-state index contributed by atoms with van der Waals surface area (Å²) in [5.41, 5.74) is 4.38. The number of benzene rings is 3. The fraction of sp³-hybridized carbons (Fsp3) is 0.0435. The van der Waals surface area contributed by atoms with E-state index in [-0.39, 0.29) is 5.17 Å². The van der Waals surface area contributed by atoms with E-state index in [1.54, 1.807) is 0 Å². The van der Waals surface area contributed by atoms with Gasteiger partial charge >= 0.3 is 0 Å². The molecule has 4 aromatic rings. The largest absolute Gasteiger partial charge is 0.466 e. The molecule has 0 atom stereocenters. The van der Waals surface area contributed by atoms with Crippen LogP contribution in [-0.2, 0) is 11.3 Å². The number of nitrogens with zero attached hydrogens (tertiary/aromatic N) is 2. The third-order valence-corrected chi connectivity index (χ3v) is 4.92. The van der Waals surface area contributed by atoms with Gasteiger partial charge in [0.05, 0.1) is 17.6 Å². The van der Waals surface area contributed by atoms with Crippen molar-refractivity contribution in [3.8, 4) is 16.9 Å². The molecular formula is C23H18ClN3OS. The van der Waals surface area contributed by atoms with Gasteiger partial charge in [-0.15, -0.1) is 0 Å². The standard InChI is InChI=1S/C23H18ClN3OS/c24-20-14-8-7-11-18(20)16-28-23(29)25-21-15-27(19-12-5-2-6-13-19)26-22(21)17-9-3-1-4-10-17/h1-15H,16H2,(H,25,29). The molecule has 1 heterocycles. The van der Waals surface area contributed by atoms with Crippen molar-refractivity contribution in [2.75, 3.05) is 5.32 Å². The zero-order chi connectivity index (χ0) is 20.1. The van der Waals surface area contributed by atoms with Gasteiger partial charge in [0.25, 0.3) is 5.17 Å². The van der Waals surface area contributed by atoms with Crippen LogP contribution >= 0.6 is 23.8 Å². The van der Waals surface area contributed by atoms with Gasteiger partial charge in [0.15, 0.2) is 0 Å². The summed E-state index contributed by atoms with van der Waals surface area (Å²) >= 11 is 11.6. The van der Waals surface area contributed by atoms with Crippen molar-refractivity contribution in [1.82, 2.24) is 9.78 Å². The van der Waals surface area contributed by atoms with E-state index < -0.39 is 0 Å². The van der Waals surface area contributed by atoms with Crippen LogP contribution in [0.2, 0.25) is 5.02 Å². The van der Waals surface area contributed by atoms with Crippen LogP contribution in [0, 0.1) is 0 Å². The quantitative estimate of drug-likeness (QED) is 0.396. The van der Waals surface area contributed by atoms with Crippen LogP contribution in [0.15, 0.2) is 91.1 Å². The van der Waals surface area contributed by atoms with Crippen LogP contribution < -0.4 is 5.32 Å². The van der Waals surface area contributed by atoms with E-state index in [1.165, 1.54) is 0 Å². The lowest BCUT2D eigenvalue weighted by Crippen LogP contribution is -2.13. The summed E-state index contributed by atoms with van der Waals surface area (Å²) in [6, 6.07) is 27.4. The van der Waals surface area contributed by atoms with Gasteiger partial charge in [0.1, 0.15) is 12.3 Å². The van der Waals surface area contributed by atoms with Crippen molar-refractivity contribution in [2.24, 2.45) is 0 Å². The minimum atomic E-state index is 0.259. The Morgan fingerprint density at radius 1 is 0.931 bits per heavy atom. The van der Waals surface area contributed by atoms with Crippen molar-refractivity contribution < 1.29 is 4.74 Å². The van der Waals surface area contributed by atoms with Crippen molar-refractivity contribution in [3.63, 3.8) is 0 Å². The van der Waals surface area contributed by atoms with E-state index in [9.17, 15) is 0 Å². The molecule has 0 radical (unpaired) electrons. The molecular weight excluding hydrogens is 402 g/mol. The molecule has 1 N–H and O–H groups in total. The van der Waals surface area contributed by atoms with E-state index in [0.717, 1.165) is 28.2 Å². The number of ether oxygens (including phenoxy) is 1. The van der Waals surface area contributed by atoms with Gasteiger partial charge in [-0.2, -0.15) is 5.10 Å². The lowest BCUT2D eigenvalue weighted by molar-refractivity contribution is 0.300. The monoisotopic (exact) mass is 419 g/mol. The summed E-state index contributed by atoms with van der Waals surface area (Å²) in [6.45, 7) is 0.291. The summed E-state index contributed by atoms with van der Waals surface area (Å²) in [5.74, 6) is 0. The summed E-state index contributed by atoms with van der Waals surface area (Å²) in [5, 5.41) is 8.83. The summed E-state index contributed by atoms with van der Waals surface area (Å²) in [4.78, 5) is 0. The minimum Gasteiger partial charge on any atom is -0.466 e. The van der Waals surface area contributed by atoms with Crippen LogP contribution in [0.3, 0.4) is 0 Å². The highest BCUT2D eigenvalue weighted by molar-refractivity contribution is 7.80. The molecule has 0 aliphatic heterocycles. The Labute approximate surface area is 179 Å². The normalized spacial score (nSPS) is 10.5. The zero-order valence-corrected chi connectivity index (χ0v) is 17.0. The minimum absolute atomic E-state index is 0.259. The summed E-state index contributed by atoms with van der Waals surface area (Å²) in [7, 11) is 0. The summed E-state index contributed by atoms with van der Waals surface area (Å²) in [6.07, 6.45) is 1.91. The second-order valence-corrected chi connectivity index (χ2v) is 7.11. The van der Waals surface area contributed by atoms with E-state index in [2.05, 4.69) is 5.32 Å². The maximum absolute atomic E-state index is 6.19. The maximum atomic E-state index is 6.19. The Balaban J connectivity index is 1.57. The van der Waals surface area contributed by atoms with Gasteiger partial charge in [0, 0.05) is 16.1 Å². The number of anilines is 1. The lowest BCUT2D eigenvalue weighted by Gasteiger charge is -2.10. The van der Waals surface area contributed by atoms with Crippen LogP contribution in [0.1, 0.15) is 5.56 Å². The molecule has 4 rings (SSSR count).